The molecule has 2 heterocycles. The van der Waals surface area contributed by atoms with E-state index in [4.69, 9.17) is 9.47 Å². The molecule has 1 aromatic heterocycles. The lowest BCUT2D eigenvalue weighted by Gasteiger charge is -2.38. The van der Waals surface area contributed by atoms with E-state index >= 15 is 0 Å². The topological polar surface area (TPSA) is 101 Å². The molecule has 8 nitrogen and oxygen atoms in total. The average molecular weight is 710 g/mol. The predicted molar refractivity (Wildman–Crippen MR) is 205 cm³/mol. The van der Waals surface area contributed by atoms with Gasteiger partial charge in [0.25, 0.3) is 10.0 Å². The van der Waals surface area contributed by atoms with Crippen molar-refractivity contribution >= 4 is 48.2 Å². The van der Waals surface area contributed by atoms with Crippen LogP contribution >= 0.6 is 0 Å². The average Bonchev–Trinajstić information content (AvgIpc) is 3.17. The molecule has 2 N–H and O–H groups in total. The molecule has 1 unspecified atom stereocenters. The molecule has 9 heteroatoms. The summed E-state index contributed by atoms with van der Waals surface area (Å²) in [5, 5.41) is 15.3. The Morgan fingerprint density at radius 3 is 2.21 bits per heavy atom. The van der Waals surface area contributed by atoms with Crippen LogP contribution in [-0.2, 0) is 32.6 Å². The predicted octanol–water partition coefficient (Wildman–Crippen LogP) is 8.51. The minimum atomic E-state index is -3.96. The van der Waals surface area contributed by atoms with Crippen LogP contribution in [0.2, 0.25) is 0 Å². The maximum Gasteiger partial charge on any atom is 0.264 e. The normalized spacial score (nSPS) is 17.9. The number of rotatable bonds is 10. The van der Waals surface area contributed by atoms with Crippen LogP contribution in [0.1, 0.15) is 41.1 Å². The quantitative estimate of drug-likeness (QED) is 0.137. The van der Waals surface area contributed by atoms with Crippen molar-refractivity contribution in [2.45, 2.75) is 43.0 Å². The third-order valence-electron chi connectivity index (χ3n) is 9.74. The maximum atomic E-state index is 13.6. The van der Waals surface area contributed by atoms with Gasteiger partial charge in [0.2, 0.25) is 0 Å². The number of aliphatic hydroxyl groups is 1. The fourth-order valence-corrected chi connectivity index (χ4v) is 8.48. The van der Waals surface area contributed by atoms with Gasteiger partial charge in [0.1, 0.15) is 4.90 Å². The number of nitrogens with zero attached hydrogens (tertiary/aromatic N) is 2. The van der Waals surface area contributed by atoms with Gasteiger partial charge in [-0.25, -0.2) is 8.42 Å². The summed E-state index contributed by atoms with van der Waals surface area (Å²) >= 11 is 0. The summed E-state index contributed by atoms with van der Waals surface area (Å²) in [6.07, 6.45) is 0.971. The first-order chi connectivity index (χ1) is 25.3. The zero-order valence-corrected chi connectivity index (χ0v) is 29.5. The second kappa shape index (κ2) is 14.5. The third kappa shape index (κ3) is 7.01. The summed E-state index contributed by atoms with van der Waals surface area (Å²) in [6.45, 7) is 1.33. The number of para-hydroxylation sites is 1. The van der Waals surface area contributed by atoms with Crippen LogP contribution in [0.4, 0.5) is 5.69 Å². The summed E-state index contributed by atoms with van der Waals surface area (Å²) in [5.74, 6) is 0. The number of pyridine rings is 1. The second-order valence-corrected chi connectivity index (χ2v) is 15.1. The van der Waals surface area contributed by atoms with Gasteiger partial charge < -0.3 is 14.6 Å². The number of likely N-dealkylation sites (N-methyl/N-ethyl adjacent to an activating group) is 1. The zero-order chi connectivity index (χ0) is 35.7. The number of hydrogen-bond donors (Lipinski definition) is 2. The third-order valence-corrected chi connectivity index (χ3v) is 11.2. The largest absolute Gasteiger partial charge is 0.392 e. The number of anilines is 1. The van der Waals surface area contributed by atoms with Crippen molar-refractivity contribution < 1.29 is 23.0 Å². The molecule has 1 aliphatic heterocycles. The monoisotopic (exact) mass is 709 g/mol. The highest BCUT2D eigenvalue weighted by molar-refractivity contribution is 7.93. The highest BCUT2D eigenvalue weighted by atomic mass is 32.2. The first kappa shape index (κ1) is 34.0. The molecule has 1 aliphatic rings. The molecule has 8 rings (SSSR count). The van der Waals surface area contributed by atoms with Gasteiger partial charge >= 0.3 is 0 Å². The second-order valence-electron chi connectivity index (χ2n) is 13.4. The van der Waals surface area contributed by atoms with Crippen LogP contribution in [0.3, 0.4) is 0 Å². The molecule has 6 aromatic carbocycles. The Morgan fingerprint density at radius 2 is 1.46 bits per heavy atom. The van der Waals surface area contributed by atoms with Crippen molar-refractivity contribution in [2.24, 2.45) is 0 Å². The van der Waals surface area contributed by atoms with E-state index in [1.165, 1.54) is 27.1 Å². The fourth-order valence-electron chi connectivity index (χ4n) is 7.25. The Morgan fingerprint density at radius 1 is 0.769 bits per heavy atom. The van der Waals surface area contributed by atoms with Crippen LogP contribution in [0, 0.1) is 0 Å². The Balaban J connectivity index is 1.07. The number of benzene rings is 6. The zero-order valence-electron chi connectivity index (χ0n) is 28.7. The molecule has 0 aliphatic carbocycles. The molecule has 7 aromatic rings. The van der Waals surface area contributed by atoms with E-state index in [0.29, 0.717) is 29.7 Å². The molecule has 1 saturated heterocycles. The molecular weight excluding hydrogens is 671 g/mol. The Bertz CT molecular complexity index is 2430. The Kier molecular flexibility index (Phi) is 9.44. The van der Waals surface area contributed by atoms with E-state index in [-0.39, 0.29) is 23.7 Å². The maximum absolute atomic E-state index is 13.6. The first-order valence-corrected chi connectivity index (χ1v) is 18.9. The number of sulfonamides is 1. The highest BCUT2D eigenvalue weighted by Gasteiger charge is 2.33. The molecule has 3 atom stereocenters. The van der Waals surface area contributed by atoms with Gasteiger partial charge in [-0.1, -0.05) is 103 Å². The van der Waals surface area contributed by atoms with Gasteiger partial charge in [-0.3, -0.25) is 14.6 Å². The summed E-state index contributed by atoms with van der Waals surface area (Å²) in [5.41, 5.74) is 4.58. The molecule has 1 fully saturated rings. The van der Waals surface area contributed by atoms with Crippen LogP contribution in [0.25, 0.3) is 32.4 Å². The lowest BCUT2D eigenvalue weighted by atomic mass is 9.96. The van der Waals surface area contributed by atoms with Crippen LogP contribution in [0.15, 0.2) is 145 Å². The molecule has 0 bridgehead atoms. The van der Waals surface area contributed by atoms with E-state index in [9.17, 15) is 13.5 Å². The van der Waals surface area contributed by atoms with E-state index in [2.05, 4.69) is 76.3 Å². The number of hydrogen-bond acceptors (Lipinski definition) is 7. The minimum Gasteiger partial charge on any atom is -0.392 e. The van der Waals surface area contributed by atoms with Gasteiger partial charge in [0, 0.05) is 42.3 Å². The summed E-state index contributed by atoms with van der Waals surface area (Å²) in [4.78, 5) is 6.75. The molecule has 262 valence electrons. The molecule has 0 amide bonds. The summed E-state index contributed by atoms with van der Waals surface area (Å²) in [6, 6.07) is 43.0. The fraction of sp³-hybridized carbons (Fsp3) is 0.186. The van der Waals surface area contributed by atoms with Crippen molar-refractivity contribution in [3.63, 3.8) is 0 Å². The summed E-state index contributed by atoms with van der Waals surface area (Å²) < 4.78 is 43.3. The van der Waals surface area contributed by atoms with Crippen molar-refractivity contribution in [1.82, 2.24) is 9.88 Å². The standard InChI is InChI=1S/C43H39N3O5S/c1-46(27-39-37-15-4-2-9-32(37)23-33-10-3-5-16-38(33)39)26-36-25-40(30-20-18-29(28-47)19-21-30)51-43(50-36)34-12-6-14-35(24-34)45-52(48,49)41-17-7-11-31-13-8-22-44-42(31)41/h2-24,36,40,43,45,47H,25-28H2,1H3/t36-,40+,43?/m0/s1. The molecule has 0 saturated carbocycles. The van der Waals surface area contributed by atoms with E-state index in [1.807, 2.05) is 42.5 Å². The van der Waals surface area contributed by atoms with Crippen LogP contribution < -0.4 is 4.72 Å². The number of nitrogens with one attached hydrogen (secondary N) is 1. The minimum absolute atomic E-state index is 0.0364. The molecule has 52 heavy (non-hydrogen) atoms. The highest BCUT2D eigenvalue weighted by Crippen LogP contribution is 2.39. The number of fused-ring (bicyclic) bond motifs is 3. The van der Waals surface area contributed by atoms with E-state index in [0.717, 1.165) is 23.1 Å². The van der Waals surface area contributed by atoms with Crippen molar-refractivity contribution in [2.75, 3.05) is 18.3 Å². The van der Waals surface area contributed by atoms with Crippen LogP contribution in [0.5, 0.6) is 0 Å². The lowest BCUT2D eigenvalue weighted by molar-refractivity contribution is -0.252. The molecule has 0 radical (unpaired) electrons. The van der Waals surface area contributed by atoms with Crippen LogP contribution in [-0.4, -0.2) is 43.1 Å². The number of aliphatic hydroxyl groups excluding tert-OH is 1. The van der Waals surface area contributed by atoms with E-state index < -0.39 is 16.3 Å². The van der Waals surface area contributed by atoms with E-state index in [1.54, 1.807) is 42.6 Å². The van der Waals surface area contributed by atoms with Gasteiger partial charge in [-0.05, 0) is 75.6 Å². The SMILES string of the molecule is CN(Cc1c2ccccc2cc2ccccc12)C[C@@H]1C[C@H](c2ccc(CO)cc2)OC(c2cccc(NS(=O)(=O)c3cccc4cccnc34)c2)O1. The Labute approximate surface area is 303 Å². The Hall–Kier alpha value is -5.16. The lowest BCUT2D eigenvalue weighted by Crippen LogP contribution is -2.37. The van der Waals surface area contributed by atoms with Crippen molar-refractivity contribution in [1.29, 1.82) is 0 Å². The van der Waals surface area contributed by atoms with Gasteiger partial charge in [0.15, 0.2) is 6.29 Å². The van der Waals surface area contributed by atoms with Gasteiger partial charge in [0.05, 0.1) is 24.3 Å². The van der Waals surface area contributed by atoms with Crippen molar-refractivity contribution in [3.8, 4) is 0 Å². The number of aromatic nitrogens is 1. The first-order valence-electron chi connectivity index (χ1n) is 17.4. The molecular formula is C43H39N3O5S. The van der Waals surface area contributed by atoms with Gasteiger partial charge in [-0.15, -0.1) is 0 Å². The molecule has 0 spiro atoms. The number of ether oxygens (including phenoxy) is 2. The van der Waals surface area contributed by atoms with Gasteiger partial charge in [-0.2, -0.15) is 0 Å². The van der Waals surface area contributed by atoms with Crippen molar-refractivity contribution in [3.05, 3.63) is 162 Å². The summed E-state index contributed by atoms with van der Waals surface area (Å²) in [7, 11) is -1.84. The smallest absolute Gasteiger partial charge is 0.264 e.